The van der Waals surface area contributed by atoms with Gasteiger partial charge in [-0.05, 0) is 71.5 Å². The smallest absolute Gasteiger partial charge is 0.271 e. The highest BCUT2D eigenvalue weighted by atomic mass is 32.1. The molecule has 8 rings (SSSR count). The van der Waals surface area contributed by atoms with Crippen LogP contribution in [0.3, 0.4) is 0 Å². The molecule has 0 saturated carbocycles. The summed E-state index contributed by atoms with van der Waals surface area (Å²) in [6.45, 7) is 0.561. The quantitative estimate of drug-likeness (QED) is 0.232. The fourth-order valence-electron chi connectivity index (χ4n) is 6.43. The van der Waals surface area contributed by atoms with Gasteiger partial charge in [0.1, 0.15) is 12.4 Å². The minimum atomic E-state index is -0.320. The SMILES string of the molecule is COc1cc(/C=c2/sc3n(c2=O)[C@H](c2ccccc2OC)C2=C(N=3)c3ccccc3CC2)ccc1OCc1ccc2c(c1)OCO2. The van der Waals surface area contributed by atoms with Crippen LogP contribution in [0.2, 0.25) is 0 Å². The molecule has 46 heavy (non-hydrogen) atoms. The second kappa shape index (κ2) is 11.6. The molecular weight excluding hydrogens is 600 g/mol. The molecule has 1 atom stereocenters. The summed E-state index contributed by atoms with van der Waals surface area (Å²) in [5.41, 5.74) is 7.12. The van der Waals surface area contributed by atoms with E-state index in [0.717, 1.165) is 57.9 Å². The average molecular weight is 631 g/mol. The Balaban J connectivity index is 1.18. The van der Waals surface area contributed by atoms with Crippen molar-refractivity contribution < 1.29 is 23.7 Å². The molecule has 230 valence electrons. The predicted molar refractivity (Wildman–Crippen MR) is 176 cm³/mol. The molecule has 0 unspecified atom stereocenters. The molecule has 0 bridgehead atoms. The molecule has 5 aromatic rings. The highest BCUT2D eigenvalue weighted by Gasteiger charge is 2.34. The summed E-state index contributed by atoms with van der Waals surface area (Å²) < 4.78 is 30.9. The molecular formula is C37H30N2O6S. The van der Waals surface area contributed by atoms with Crippen molar-refractivity contribution in [2.45, 2.75) is 25.5 Å². The zero-order chi connectivity index (χ0) is 31.2. The first kappa shape index (κ1) is 28.2. The average Bonchev–Trinajstić information content (AvgIpc) is 3.69. The van der Waals surface area contributed by atoms with E-state index < -0.39 is 0 Å². The van der Waals surface area contributed by atoms with Gasteiger partial charge in [0, 0.05) is 11.1 Å². The first-order valence-electron chi connectivity index (χ1n) is 15.1. The number of thiazole rings is 1. The van der Waals surface area contributed by atoms with Crippen LogP contribution in [0.15, 0.2) is 100 Å². The Morgan fingerprint density at radius 3 is 2.61 bits per heavy atom. The normalized spacial score (nSPS) is 16.3. The molecule has 3 aliphatic rings. The van der Waals surface area contributed by atoms with Crippen LogP contribution < -0.4 is 38.6 Å². The topological polar surface area (TPSA) is 80.5 Å². The van der Waals surface area contributed by atoms with E-state index in [-0.39, 0.29) is 18.4 Å². The first-order valence-corrected chi connectivity index (χ1v) is 15.9. The molecule has 0 spiro atoms. The van der Waals surface area contributed by atoms with Gasteiger partial charge < -0.3 is 23.7 Å². The van der Waals surface area contributed by atoms with Gasteiger partial charge in [-0.15, -0.1) is 0 Å². The lowest BCUT2D eigenvalue weighted by Crippen LogP contribution is -2.39. The number of nitrogens with zero attached hydrogens (tertiary/aromatic N) is 2. The Bertz CT molecular complexity index is 2220. The Morgan fingerprint density at radius 2 is 1.72 bits per heavy atom. The Morgan fingerprint density at radius 1 is 0.891 bits per heavy atom. The zero-order valence-corrected chi connectivity index (χ0v) is 26.1. The van der Waals surface area contributed by atoms with Gasteiger partial charge in [0.15, 0.2) is 27.8 Å². The van der Waals surface area contributed by atoms with E-state index >= 15 is 0 Å². The Labute approximate surface area is 269 Å². The molecule has 0 amide bonds. The van der Waals surface area contributed by atoms with Crippen LogP contribution in [0.5, 0.6) is 28.7 Å². The molecule has 8 nitrogen and oxygen atoms in total. The lowest BCUT2D eigenvalue weighted by molar-refractivity contribution is 0.174. The number of fused-ring (bicyclic) bond motifs is 4. The van der Waals surface area contributed by atoms with Crippen LogP contribution in [0, 0.1) is 0 Å². The van der Waals surface area contributed by atoms with Gasteiger partial charge in [-0.2, -0.15) is 0 Å². The van der Waals surface area contributed by atoms with Gasteiger partial charge >= 0.3 is 0 Å². The van der Waals surface area contributed by atoms with Crippen molar-refractivity contribution in [2.75, 3.05) is 21.0 Å². The largest absolute Gasteiger partial charge is 0.496 e. The molecule has 0 fully saturated rings. The number of allylic oxidation sites excluding steroid dienone is 1. The number of methoxy groups -OCH3 is 2. The van der Waals surface area contributed by atoms with Crippen molar-refractivity contribution in [3.8, 4) is 28.7 Å². The summed E-state index contributed by atoms with van der Waals surface area (Å²) >= 11 is 1.39. The van der Waals surface area contributed by atoms with E-state index in [1.165, 1.54) is 16.9 Å². The standard InChI is InChI=1S/C37H30N2O6S/c1-41-28-10-6-5-9-26(28)35-27-14-13-24-7-3-4-8-25(24)34(27)38-37-39(35)36(40)33(46-37)19-22-11-15-29(31(17-22)42-2)43-20-23-12-16-30-32(18-23)45-21-44-30/h3-12,15-19,35H,13-14,20-21H2,1-2H3/b33-19+/t35-/m1/s1. The summed E-state index contributed by atoms with van der Waals surface area (Å²) in [4.78, 5) is 20.0. The molecule has 4 aromatic carbocycles. The fourth-order valence-corrected chi connectivity index (χ4v) is 7.43. The van der Waals surface area contributed by atoms with Crippen molar-refractivity contribution in [2.24, 2.45) is 4.99 Å². The maximum Gasteiger partial charge on any atom is 0.271 e. The molecule has 3 heterocycles. The third-order valence-corrected chi connectivity index (χ3v) is 9.61. The van der Waals surface area contributed by atoms with E-state index in [1.807, 2.05) is 77.4 Å². The number of aryl methyl sites for hydroxylation is 1. The molecule has 0 N–H and O–H groups in total. The third kappa shape index (κ3) is 4.84. The van der Waals surface area contributed by atoms with Crippen molar-refractivity contribution in [3.05, 3.63) is 138 Å². The van der Waals surface area contributed by atoms with Crippen molar-refractivity contribution >= 4 is 23.1 Å². The number of rotatable bonds is 7. The van der Waals surface area contributed by atoms with Crippen LogP contribution in [0.1, 0.15) is 40.3 Å². The third-order valence-electron chi connectivity index (χ3n) is 8.62. The van der Waals surface area contributed by atoms with Crippen LogP contribution in [0.4, 0.5) is 0 Å². The lowest BCUT2D eigenvalue weighted by Gasteiger charge is -2.31. The number of hydrogen-bond acceptors (Lipinski definition) is 8. The van der Waals surface area contributed by atoms with Gasteiger partial charge in [0.2, 0.25) is 6.79 Å². The van der Waals surface area contributed by atoms with E-state index in [2.05, 4.69) is 18.2 Å². The number of ether oxygens (including phenoxy) is 5. The van der Waals surface area contributed by atoms with E-state index in [9.17, 15) is 4.79 Å². The summed E-state index contributed by atoms with van der Waals surface area (Å²) in [7, 11) is 3.28. The second-order valence-electron chi connectivity index (χ2n) is 11.2. The highest BCUT2D eigenvalue weighted by molar-refractivity contribution is 7.07. The van der Waals surface area contributed by atoms with Gasteiger partial charge in [0.05, 0.1) is 30.5 Å². The van der Waals surface area contributed by atoms with Gasteiger partial charge in [-0.25, -0.2) is 4.99 Å². The molecule has 0 radical (unpaired) electrons. The van der Waals surface area contributed by atoms with Gasteiger partial charge in [-0.3, -0.25) is 9.36 Å². The second-order valence-corrected chi connectivity index (χ2v) is 12.3. The summed E-state index contributed by atoms with van der Waals surface area (Å²) in [5.74, 6) is 3.36. The van der Waals surface area contributed by atoms with Crippen molar-refractivity contribution in [3.63, 3.8) is 0 Å². The fraction of sp³-hybridized carbons (Fsp3) is 0.189. The molecule has 1 aromatic heterocycles. The zero-order valence-electron chi connectivity index (χ0n) is 25.3. The van der Waals surface area contributed by atoms with Crippen molar-refractivity contribution in [1.82, 2.24) is 4.57 Å². The molecule has 9 heteroatoms. The number of hydrogen-bond donors (Lipinski definition) is 0. The number of aromatic nitrogens is 1. The monoisotopic (exact) mass is 630 g/mol. The van der Waals surface area contributed by atoms with Crippen LogP contribution >= 0.6 is 11.3 Å². The molecule has 1 aliphatic carbocycles. The highest BCUT2D eigenvalue weighted by Crippen LogP contribution is 2.43. The maximum atomic E-state index is 14.2. The molecule has 2 aliphatic heterocycles. The van der Waals surface area contributed by atoms with Crippen LogP contribution in [-0.2, 0) is 13.0 Å². The van der Waals surface area contributed by atoms with Crippen LogP contribution in [-0.4, -0.2) is 25.6 Å². The summed E-state index contributed by atoms with van der Waals surface area (Å²) in [5, 5.41) is 0. The summed E-state index contributed by atoms with van der Waals surface area (Å²) in [6, 6.07) is 27.4. The maximum absolute atomic E-state index is 14.2. The van der Waals surface area contributed by atoms with Gasteiger partial charge in [0.25, 0.3) is 5.56 Å². The lowest BCUT2D eigenvalue weighted by atomic mass is 9.83. The van der Waals surface area contributed by atoms with E-state index in [0.29, 0.717) is 33.2 Å². The molecule has 0 saturated heterocycles. The minimum absolute atomic E-state index is 0.0906. The number of para-hydroxylation sites is 1. The predicted octanol–water partition coefficient (Wildman–Crippen LogP) is 5.64. The Hall–Kier alpha value is -5.28. The van der Waals surface area contributed by atoms with Crippen LogP contribution in [0.25, 0.3) is 11.8 Å². The first-order chi connectivity index (χ1) is 22.6. The van der Waals surface area contributed by atoms with Crippen molar-refractivity contribution in [1.29, 1.82) is 0 Å². The number of benzene rings is 4. The Kier molecular flexibility index (Phi) is 7.10. The summed E-state index contributed by atoms with van der Waals surface area (Å²) in [6.07, 6.45) is 3.60. The minimum Gasteiger partial charge on any atom is -0.496 e. The van der Waals surface area contributed by atoms with E-state index in [4.69, 9.17) is 28.7 Å². The van der Waals surface area contributed by atoms with Gasteiger partial charge in [-0.1, -0.05) is 65.9 Å². The van der Waals surface area contributed by atoms with E-state index in [1.54, 1.807) is 14.2 Å².